The molecule has 7 nitrogen and oxygen atoms in total. The van der Waals surface area contributed by atoms with Gasteiger partial charge in [-0.2, -0.15) is 8.42 Å². The van der Waals surface area contributed by atoms with Crippen LogP contribution in [0.3, 0.4) is 0 Å². The quantitative estimate of drug-likeness (QED) is 0.597. The number of rotatable bonds is 7. The Morgan fingerprint density at radius 1 is 1.30 bits per heavy atom. The molecule has 0 aliphatic rings. The predicted octanol–water partition coefficient (Wildman–Crippen LogP) is -0.237. The number of nitrogens with two attached hydrogens (primary N) is 1. The lowest BCUT2D eigenvalue weighted by Crippen LogP contribution is -2.39. The summed E-state index contributed by atoms with van der Waals surface area (Å²) in [6.45, 7) is 0.0663. The first-order valence-electron chi connectivity index (χ1n) is 5.48. The van der Waals surface area contributed by atoms with Gasteiger partial charge in [0.25, 0.3) is 0 Å². The summed E-state index contributed by atoms with van der Waals surface area (Å²) in [6, 6.07) is 3.66. The van der Waals surface area contributed by atoms with Crippen molar-refractivity contribution in [1.82, 2.24) is 5.32 Å². The molecule has 9 heteroatoms. The van der Waals surface area contributed by atoms with Crippen LogP contribution in [0.2, 0.25) is 0 Å². The van der Waals surface area contributed by atoms with E-state index < -0.39 is 33.0 Å². The molecular formula is C11H13FN2O5S. The van der Waals surface area contributed by atoms with Crippen LogP contribution >= 0.6 is 0 Å². The minimum Gasteiger partial charge on any atom is -0.480 e. The summed E-state index contributed by atoms with van der Waals surface area (Å²) in [4.78, 5) is 21.1. The highest BCUT2D eigenvalue weighted by molar-refractivity contribution is 7.86. The predicted molar refractivity (Wildman–Crippen MR) is 66.8 cm³/mol. The summed E-state index contributed by atoms with van der Waals surface area (Å²) in [5.74, 6) is -1.99. The molecule has 20 heavy (non-hydrogen) atoms. The Bertz CT molecular complexity index is 600. The van der Waals surface area contributed by atoms with Gasteiger partial charge in [-0.15, -0.1) is 3.89 Å². The molecule has 1 aromatic carbocycles. The number of halogens is 1. The van der Waals surface area contributed by atoms with Gasteiger partial charge in [0.05, 0.1) is 11.3 Å². The molecule has 0 spiro atoms. The maximum Gasteiger partial charge on any atom is 0.332 e. The lowest BCUT2D eigenvalue weighted by Gasteiger charge is -2.12. The van der Waals surface area contributed by atoms with E-state index in [2.05, 4.69) is 5.32 Å². The fraction of sp³-hybridized carbons (Fsp3) is 0.273. The molecule has 1 aromatic rings. The average molecular weight is 304 g/mol. The summed E-state index contributed by atoms with van der Waals surface area (Å²) < 4.78 is 33.9. The van der Waals surface area contributed by atoms with Gasteiger partial charge >= 0.3 is 16.2 Å². The highest BCUT2D eigenvalue weighted by atomic mass is 32.3. The molecule has 4 N–H and O–H groups in total. The Morgan fingerprint density at radius 2 is 1.85 bits per heavy atom. The Kier molecular flexibility index (Phi) is 5.17. The first kappa shape index (κ1) is 16.1. The lowest BCUT2D eigenvalue weighted by molar-refractivity contribution is -0.141. The first-order chi connectivity index (χ1) is 9.20. The third-order valence-corrected chi connectivity index (χ3v) is 3.30. The smallest absolute Gasteiger partial charge is 0.332 e. The van der Waals surface area contributed by atoms with Crippen molar-refractivity contribution in [1.29, 1.82) is 0 Å². The monoisotopic (exact) mass is 304 g/mol. The number of benzene rings is 1. The van der Waals surface area contributed by atoms with Crippen LogP contribution in [-0.4, -0.2) is 31.4 Å². The second-order valence-corrected chi connectivity index (χ2v) is 5.37. The van der Waals surface area contributed by atoms with Gasteiger partial charge in [0.1, 0.15) is 6.04 Å². The molecule has 0 radical (unpaired) electrons. The van der Waals surface area contributed by atoms with Crippen LogP contribution in [-0.2, 0) is 26.4 Å². The number of carboxylic acid groups (broad SMARTS) is 1. The van der Waals surface area contributed by atoms with E-state index in [0.29, 0.717) is 5.56 Å². The Hall–Kier alpha value is -2.00. The number of aliphatic carboxylic acids is 1. The Labute approximate surface area is 114 Å². The molecule has 0 saturated heterocycles. The van der Waals surface area contributed by atoms with Crippen LogP contribution in [0.4, 0.5) is 3.89 Å². The Balaban J connectivity index is 2.69. The van der Waals surface area contributed by atoms with Crippen LogP contribution < -0.4 is 11.1 Å². The van der Waals surface area contributed by atoms with Crippen molar-refractivity contribution in [2.24, 2.45) is 5.73 Å². The number of carboxylic acids is 1. The van der Waals surface area contributed by atoms with E-state index in [1.54, 1.807) is 0 Å². The van der Waals surface area contributed by atoms with E-state index in [1.165, 1.54) is 12.1 Å². The lowest BCUT2D eigenvalue weighted by atomic mass is 10.1. The fourth-order valence-corrected chi connectivity index (χ4v) is 1.92. The summed E-state index contributed by atoms with van der Waals surface area (Å²) in [5, 5.41) is 11.4. The largest absolute Gasteiger partial charge is 0.480 e. The van der Waals surface area contributed by atoms with Crippen molar-refractivity contribution in [2.75, 3.05) is 0 Å². The third kappa shape index (κ3) is 4.94. The van der Waals surface area contributed by atoms with Crippen LogP contribution in [0.15, 0.2) is 29.2 Å². The maximum atomic E-state index is 12.6. The molecule has 0 bridgehead atoms. The molecule has 0 fully saturated rings. The topological polar surface area (TPSA) is 127 Å². The SMILES string of the molecule is NC(=O)C[C@H](NCc1ccc(S(=O)(=O)F)cc1)C(=O)O. The van der Waals surface area contributed by atoms with Crippen molar-refractivity contribution in [3.63, 3.8) is 0 Å². The molecule has 0 aliphatic heterocycles. The van der Waals surface area contributed by atoms with Crippen molar-refractivity contribution in [3.8, 4) is 0 Å². The van der Waals surface area contributed by atoms with Gasteiger partial charge in [-0.1, -0.05) is 12.1 Å². The first-order valence-corrected chi connectivity index (χ1v) is 6.86. The highest BCUT2D eigenvalue weighted by Gasteiger charge is 2.19. The minimum absolute atomic E-state index is 0.0663. The van der Waals surface area contributed by atoms with Crippen molar-refractivity contribution in [3.05, 3.63) is 29.8 Å². The van der Waals surface area contributed by atoms with E-state index in [1.807, 2.05) is 0 Å². The van der Waals surface area contributed by atoms with E-state index >= 15 is 0 Å². The van der Waals surface area contributed by atoms with Crippen molar-refractivity contribution < 1.29 is 27.0 Å². The van der Waals surface area contributed by atoms with Crippen LogP contribution in [0.5, 0.6) is 0 Å². The molecule has 1 rings (SSSR count). The molecular weight excluding hydrogens is 291 g/mol. The van der Waals surface area contributed by atoms with Crippen LogP contribution in [0, 0.1) is 0 Å². The summed E-state index contributed by atoms with van der Waals surface area (Å²) >= 11 is 0. The van der Waals surface area contributed by atoms with Crippen LogP contribution in [0.25, 0.3) is 0 Å². The highest BCUT2D eigenvalue weighted by Crippen LogP contribution is 2.13. The van der Waals surface area contributed by atoms with Crippen molar-refractivity contribution >= 4 is 22.1 Å². The van der Waals surface area contributed by atoms with Gasteiger partial charge in [0, 0.05) is 6.54 Å². The average Bonchev–Trinajstić information content (AvgIpc) is 2.33. The summed E-state index contributed by atoms with van der Waals surface area (Å²) in [7, 11) is -4.76. The number of hydrogen-bond donors (Lipinski definition) is 3. The fourth-order valence-electron chi connectivity index (χ4n) is 1.46. The maximum absolute atomic E-state index is 12.6. The number of nitrogens with one attached hydrogen (secondary N) is 1. The van der Waals surface area contributed by atoms with Gasteiger partial charge in [0.2, 0.25) is 5.91 Å². The molecule has 110 valence electrons. The minimum atomic E-state index is -4.76. The second-order valence-electron chi connectivity index (χ2n) is 4.02. The number of carbonyl (C=O) groups is 2. The summed E-state index contributed by atoms with van der Waals surface area (Å²) in [6.07, 6.45) is -0.369. The number of primary amides is 1. The number of carbonyl (C=O) groups excluding carboxylic acids is 1. The zero-order valence-corrected chi connectivity index (χ0v) is 11.1. The van der Waals surface area contributed by atoms with Gasteiger partial charge in [-0.05, 0) is 17.7 Å². The van der Waals surface area contributed by atoms with Gasteiger partial charge < -0.3 is 10.8 Å². The normalized spacial score (nSPS) is 12.8. The standard InChI is InChI=1S/C11H13FN2O5S/c12-20(18,19)8-3-1-7(2-4-8)6-14-9(11(16)17)5-10(13)15/h1-4,9,14H,5-6H2,(H2,13,15)(H,16,17)/t9-/m0/s1. The molecule has 0 unspecified atom stereocenters. The van der Waals surface area contributed by atoms with Gasteiger partial charge in [0.15, 0.2) is 0 Å². The van der Waals surface area contributed by atoms with E-state index in [0.717, 1.165) is 12.1 Å². The van der Waals surface area contributed by atoms with Crippen molar-refractivity contribution in [2.45, 2.75) is 23.9 Å². The summed E-state index contributed by atoms with van der Waals surface area (Å²) in [5.41, 5.74) is 5.45. The van der Waals surface area contributed by atoms with E-state index in [9.17, 15) is 21.9 Å². The Morgan fingerprint density at radius 3 is 2.25 bits per heavy atom. The zero-order chi connectivity index (χ0) is 15.3. The zero-order valence-electron chi connectivity index (χ0n) is 10.2. The second kappa shape index (κ2) is 6.44. The number of hydrogen-bond acceptors (Lipinski definition) is 5. The van der Waals surface area contributed by atoms with Crippen LogP contribution in [0.1, 0.15) is 12.0 Å². The molecule has 0 heterocycles. The number of amides is 1. The van der Waals surface area contributed by atoms with Gasteiger partial charge in [-0.3, -0.25) is 14.9 Å². The molecule has 1 amide bonds. The molecule has 1 atom stereocenters. The van der Waals surface area contributed by atoms with Gasteiger partial charge in [-0.25, -0.2) is 0 Å². The molecule has 0 aliphatic carbocycles. The third-order valence-electron chi connectivity index (χ3n) is 2.46. The molecule has 0 saturated carbocycles. The van der Waals surface area contributed by atoms with E-state index in [4.69, 9.17) is 10.8 Å². The molecule has 0 aromatic heterocycles. The van der Waals surface area contributed by atoms with E-state index in [-0.39, 0.29) is 13.0 Å².